The van der Waals surface area contributed by atoms with Gasteiger partial charge in [-0.05, 0) is 49.9 Å². The fourth-order valence-electron chi connectivity index (χ4n) is 2.61. The van der Waals surface area contributed by atoms with Gasteiger partial charge >= 0.3 is 0 Å². The monoisotopic (exact) mass is 297 g/mol. The third-order valence-corrected chi connectivity index (χ3v) is 3.81. The quantitative estimate of drug-likeness (QED) is 0.874. The van der Waals surface area contributed by atoms with Gasteiger partial charge in [-0.15, -0.1) is 0 Å². The van der Waals surface area contributed by atoms with E-state index in [0.717, 1.165) is 30.5 Å². The van der Waals surface area contributed by atoms with Gasteiger partial charge in [-0.1, -0.05) is 0 Å². The third-order valence-electron chi connectivity index (χ3n) is 3.81. The molecule has 0 aliphatic heterocycles. The summed E-state index contributed by atoms with van der Waals surface area (Å²) in [5.41, 5.74) is 2.85. The molecule has 5 nitrogen and oxygen atoms in total. The zero-order valence-electron chi connectivity index (χ0n) is 12.9. The van der Waals surface area contributed by atoms with Crippen molar-refractivity contribution in [1.29, 1.82) is 0 Å². The Morgan fingerprint density at radius 1 is 1.09 bits per heavy atom. The Morgan fingerprint density at radius 2 is 1.82 bits per heavy atom. The highest BCUT2D eigenvalue weighted by Crippen LogP contribution is 2.29. The lowest BCUT2D eigenvalue weighted by Crippen LogP contribution is -2.21. The van der Waals surface area contributed by atoms with Crippen LogP contribution in [0.5, 0.6) is 11.6 Å². The normalized spacial score (nSPS) is 13.4. The summed E-state index contributed by atoms with van der Waals surface area (Å²) in [7, 11) is 3.47. The lowest BCUT2D eigenvalue weighted by Gasteiger charge is -2.17. The summed E-state index contributed by atoms with van der Waals surface area (Å²) in [6.07, 6.45) is 5.83. The molecule has 0 fully saturated rings. The Hall–Kier alpha value is -2.43. The van der Waals surface area contributed by atoms with Crippen molar-refractivity contribution in [2.24, 2.45) is 0 Å². The Balaban J connectivity index is 1.81. The van der Waals surface area contributed by atoms with Gasteiger partial charge in [0, 0.05) is 25.2 Å². The number of carbonyl (C=O) groups excluding carboxylic acids is 1. The number of aryl methyl sites for hydroxylation is 1. The standard InChI is InChI=1S/C17H19N3O2/c1-20(2)17(21)12-7-9-13(10-8-12)22-16-14-5-3-4-6-15(14)18-11-19-16/h7-11H,3-6H2,1-2H3. The van der Waals surface area contributed by atoms with Crippen LogP contribution in [0.1, 0.15) is 34.5 Å². The summed E-state index contributed by atoms with van der Waals surface area (Å²) in [5, 5.41) is 0. The van der Waals surface area contributed by atoms with Crippen LogP contribution in [-0.2, 0) is 12.8 Å². The van der Waals surface area contributed by atoms with E-state index in [1.165, 1.54) is 6.42 Å². The molecule has 0 unspecified atom stereocenters. The van der Waals surface area contributed by atoms with Crippen LogP contribution in [0.25, 0.3) is 0 Å². The Bertz CT molecular complexity index is 681. The molecule has 2 aromatic rings. The maximum atomic E-state index is 11.9. The summed E-state index contributed by atoms with van der Waals surface area (Å²) in [6.45, 7) is 0. The molecule has 0 N–H and O–H groups in total. The molecular weight excluding hydrogens is 278 g/mol. The number of hydrogen-bond donors (Lipinski definition) is 0. The van der Waals surface area contributed by atoms with Gasteiger partial charge in [0.2, 0.25) is 5.88 Å². The van der Waals surface area contributed by atoms with Crippen LogP contribution in [0.2, 0.25) is 0 Å². The molecule has 0 atom stereocenters. The number of amides is 1. The zero-order valence-corrected chi connectivity index (χ0v) is 12.9. The second-order valence-corrected chi connectivity index (χ2v) is 5.64. The van der Waals surface area contributed by atoms with Crippen LogP contribution in [0, 0.1) is 0 Å². The summed E-state index contributed by atoms with van der Waals surface area (Å²) >= 11 is 0. The van der Waals surface area contributed by atoms with Crippen molar-refractivity contribution in [3.8, 4) is 11.6 Å². The predicted octanol–water partition coefficient (Wildman–Crippen LogP) is 2.85. The van der Waals surface area contributed by atoms with Crippen LogP contribution in [0.15, 0.2) is 30.6 Å². The fourth-order valence-corrected chi connectivity index (χ4v) is 2.61. The van der Waals surface area contributed by atoms with E-state index in [4.69, 9.17) is 4.74 Å². The highest BCUT2D eigenvalue weighted by atomic mass is 16.5. The van der Waals surface area contributed by atoms with Gasteiger partial charge in [0.15, 0.2) is 0 Å². The van der Waals surface area contributed by atoms with Gasteiger partial charge < -0.3 is 9.64 Å². The van der Waals surface area contributed by atoms with Crippen LogP contribution in [0.3, 0.4) is 0 Å². The van der Waals surface area contributed by atoms with E-state index >= 15 is 0 Å². The molecule has 1 aliphatic rings. The molecule has 3 rings (SSSR count). The Labute approximate surface area is 130 Å². The molecule has 5 heteroatoms. The van der Waals surface area contributed by atoms with E-state index in [1.807, 2.05) is 0 Å². The summed E-state index contributed by atoms with van der Waals surface area (Å²) < 4.78 is 5.90. The number of benzene rings is 1. The molecule has 0 radical (unpaired) electrons. The van der Waals surface area contributed by atoms with Gasteiger partial charge in [-0.3, -0.25) is 4.79 Å². The summed E-state index contributed by atoms with van der Waals surface area (Å²) in [5.74, 6) is 1.30. The summed E-state index contributed by atoms with van der Waals surface area (Å²) in [4.78, 5) is 22.0. The molecule has 0 saturated heterocycles. The van der Waals surface area contributed by atoms with E-state index in [-0.39, 0.29) is 5.91 Å². The van der Waals surface area contributed by atoms with Gasteiger partial charge in [0.1, 0.15) is 12.1 Å². The molecule has 1 heterocycles. The van der Waals surface area contributed by atoms with Crippen LogP contribution < -0.4 is 4.74 Å². The number of carbonyl (C=O) groups is 1. The van der Waals surface area contributed by atoms with Gasteiger partial charge in [0.25, 0.3) is 5.91 Å². The second-order valence-electron chi connectivity index (χ2n) is 5.64. The minimum absolute atomic E-state index is 0.0223. The van der Waals surface area contributed by atoms with Crippen molar-refractivity contribution in [3.63, 3.8) is 0 Å². The first-order chi connectivity index (χ1) is 10.6. The molecule has 0 spiro atoms. The van der Waals surface area contributed by atoms with Crippen molar-refractivity contribution < 1.29 is 9.53 Å². The van der Waals surface area contributed by atoms with Crippen molar-refractivity contribution >= 4 is 5.91 Å². The van der Waals surface area contributed by atoms with Gasteiger partial charge in [-0.2, -0.15) is 0 Å². The largest absolute Gasteiger partial charge is 0.439 e. The second kappa shape index (κ2) is 6.13. The summed E-state index contributed by atoms with van der Waals surface area (Å²) in [6, 6.07) is 7.14. The smallest absolute Gasteiger partial charge is 0.253 e. The topological polar surface area (TPSA) is 55.3 Å². The first-order valence-corrected chi connectivity index (χ1v) is 7.47. The van der Waals surface area contributed by atoms with Crippen molar-refractivity contribution in [3.05, 3.63) is 47.4 Å². The van der Waals surface area contributed by atoms with E-state index in [0.29, 0.717) is 17.2 Å². The Morgan fingerprint density at radius 3 is 2.55 bits per heavy atom. The van der Waals surface area contributed by atoms with Gasteiger partial charge in [-0.25, -0.2) is 9.97 Å². The van der Waals surface area contributed by atoms with Crippen molar-refractivity contribution in [2.75, 3.05) is 14.1 Å². The average molecular weight is 297 g/mol. The minimum atomic E-state index is -0.0223. The lowest BCUT2D eigenvalue weighted by molar-refractivity contribution is 0.0827. The van der Waals surface area contributed by atoms with E-state index < -0.39 is 0 Å². The average Bonchev–Trinajstić information content (AvgIpc) is 2.55. The highest BCUT2D eigenvalue weighted by Gasteiger charge is 2.17. The molecule has 1 aromatic heterocycles. The number of hydrogen-bond acceptors (Lipinski definition) is 4. The maximum Gasteiger partial charge on any atom is 0.253 e. The number of aromatic nitrogens is 2. The molecule has 1 amide bonds. The fraction of sp³-hybridized carbons (Fsp3) is 0.353. The van der Waals surface area contributed by atoms with Gasteiger partial charge in [0.05, 0.1) is 5.69 Å². The van der Waals surface area contributed by atoms with Crippen molar-refractivity contribution in [2.45, 2.75) is 25.7 Å². The molecule has 114 valence electrons. The zero-order chi connectivity index (χ0) is 15.5. The van der Waals surface area contributed by atoms with E-state index in [2.05, 4.69) is 9.97 Å². The number of nitrogens with zero attached hydrogens (tertiary/aromatic N) is 3. The third kappa shape index (κ3) is 2.93. The predicted molar refractivity (Wildman–Crippen MR) is 83.2 cm³/mol. The van der Waals surface area contributed by atoms with Crippen LogP contribution in [0.4, 0.5) is 0 Å². The maximum absolute atomic E-state index is 11.9. The minimum Gasteiger partial charge on any atom is -0.439 e. The van der Waals surface area contributed by atoms with Crippen molar-refractivity contribution in [1.82, 2.24) is 14.9 Å². The number of fused-ring (bicyclic) bond motifs is 1. The molecule has 22 heavy (non-hydrogen) atoms. The SMILES string of the molecule is CN(C)C(=O)c1ccc(Oc2ncnc3c2CCCC3)cc1. The van der Waals surface area contributed by atoms with Crippen LogP contribution >= 0.6 is 0 Å². The number of rotatable bonds is 3. The van der Waals surface area contributed by atoms with Crippen LogP contribution in [-0.4, -0.2) is 34.9 Å². The number of ether oxygens (including phenoxy) is 1. The van der Waals surface area contributed by atoms with E-state index in [9.17, 15) is 4.79 Å². The molecule has 1 aromatic carbocycles. The highest BCUT2D eigenvalue weighted by molar-refractivity contribution is 5.93. The first-order valence-electron chi connectivity index (χ1n) is 7.47. The Kier molecular flexibility index (Phi) is 4.04. The molecule has 0 bridgehead atoms. The molecule has 1 aliphatic carbocycles. The lowest BCUT2D eigenvalue weighted by atomic mass is 9.97. The first kappa shape index (κ1) is 14.5. The van der Waals surface area contributed by atoms with E-state index in [1.54, 1.807) is 49.6 Å². The molecular formula is C17H19N3O2. The molecule has 0 saturated carbocycles.